The summed E-state index contributed by atoms with van der Waals surface area (Å²) in [6.45, 7) is 7.37. The lowest BCUT2D eigenvalue weighted by atomic mass is 10.1. The van der Waals surface area contributed by atoms with E-state index in [2.05, 4.69) is 52.4 Å². The molecule has 0 radical (unpaired) electrons. The maximum Gasteiger partial charge on any atom is 0.122 e. The van der Waals surface area contributed by atoms with Crippen LogP contribution in [-0.4, -0.2) is 54.6 Å². The largest absolute Gasteiger partial charge is 0.492 e. The molecule has 1 aliphatic heterocycles. The molecule has 1 aliphatic rings. The van der Waals surface area contributed by atoms with Gasteiger partial charge in [-0.15, -0.1) is 0 Å². The minimum Gasteiger partial charge on any atom is -0.492 e. The number of aromatic nitrogens is 2. The van der Waals surface area contributed by atoms with Crippen LogP contribution in [0.5, 0.6) is 5.75 Å². The van der Waals surface area contributed by atoms with Gasteiger partial charge in [-0.3, -0.25) is 10.00 Å². The van der Waals surface area contributed by atoms with E-state index in [4.69, 9.17) is 9.47 Å². The Morgan fingerprint density at radius 1 is 1.15 bits per heavy atom. The predicted octanol–water partition coefficient (Wildman–Crippen LogP) is 3.75. The first kappa shape index (κ1) is 17.8. The second kappa shape index (κ2) is 8.37. The van der Waals surface area contributed by atoms with E-state index in [1.165, 1.54) is 0 Å². The average Bonchev–Trinajstić information content (AvgIpc) is 3.12. The Labute approximate surface area is 159 Å². The van der Waals surface area contributed by atoms with E-state index < -0.39 is 0 Å². The van der Waals surface area contributed by atoms with Crippen LogP contribution >= 0.6 is 0 Å². The number of H-pyrrole nitrogens is 1. The van der Waals surface area contributed by atoms with Crippen molar-refractivity contribution in [1.29, 1.82) is 0 Å². The molecule has 2 aromatic carbocycles. The topological polar surface area (TPSA) is 50.4 Å². The predicted molar refractivity (Wildman–Crippen MR) is 109 cm³/mol. The Morgan fingerprint density at radius 2 is 2.00 bits per heavy atom. The maximum absolute atomic E-state index is 5.98. The quantitative estimate of drug-likeness (QED) is 0.725. The van der Waals surface area contributed by atoms with E-state index in [1.54, 1.807) is 0 Å². The molecule has 5 heteroatoms. The van der Waals surface area contributed by atoms with E-state index in [0.717, 1.165) is 66.3 Å². The van der Waals surface area contributed by atoms with E-state index in [-0.39, 0.29) is 0 Å². The minimum atomic E-state index is 0.704. The molecule has 4 rings (SSSR count). The summed E-state index contributed by atoms with van der Waals surface area (Å²) in [5.74, 6) is 0.950. The molecular weight excluding hydrogens is 338 g/mol. The number of morpholine rings is 1. The molecule has 0 aliphatic carbocycles. The Kier molecular flexibility index (Phi) is 5.51. The Bertz CT molecular complexity index is 926. The zero-order valence-corrected chi connectivity index (χ0v) is 15.6. The molecule has 0 spiro atoms. The summed E-state index contributed by atoms with van der Waals surface area (Å²) in [6.07, 6.45) is 4.14. The van der Waals surface area contributed by atoms with Crippen LogP contribution in [0.2, 0.25) is 0 Å². The van der Waals surface area contributed by atoms with Gasteiger partial charge in [0.15, 0.2) is 0 Å². The zero-order chi connectivity index (χ0) is 18.5. The van der Waals surface area contributed by atoms with Gasteiger partial charge < -0.3 is 9.47 Å². The van der Waals surface area contributed by atoms with Crippen molar-refractivity contribution in [2.75, 3.05) is 39.5 Å². The number of aryl methyl sites for hydroxylation is 1. The van der Waals surface area contributed by atoms with Gasteiger partial charge in [-0.2, -0.15) is 5.10 Å². The third-order valence-corrected chi connectivity index (χ3v) is 4.90. The summed E-state index contributed by atoms with van der Waals surface area (Å²) in [6, 6.07) is 14.4. The first-order valence-electron chi connectivity index (χ1n) is 9.44. The monoisotopic (exact) mass is 363 g/mol. The number of nitrogens with zero attached hydrogens (tertiary/aromatic N) is 2. The van der Waals surface area contributed by atoms with Crippen molar-refractivity contribution in [3.8, 4) is 5.75 Å². The van der Waals surface area contributed by atoms with Gasteiger partial charge in [0.05, 0.1) is 24.4 Å². The molecule has 1 fully saturated rings. The van der Waals surface area contributed by atoms with Crippen molar-refractivity contribution in [3.05, 3.63) is 59.3 Å². The van der Waals surface area contributed by atoms with Gasteiger partial charge >= 0.3 is 0 Å². The standard InChI is InChI=1S/C22H25N3O2/c1-17-16-18(6-8-21-19-4-2-3-5-20(19)23-24-21)7-9-22(17)27-15-12-25-10-13-26-14-11-25/h2-9,16H,10-15H2,1H3,(H,23,24)/b8-6+. The lowest BCUT2D eigenvalue weighted by Gasteiger charge is -2.26. The molecule has 27 heavy (non-hydrogen) atoms. The summed E-state index contributed by atoms with van der Waals surface area (Å²) in [5, 5.41) is 8.58. The van der Waals surface area contributed by atoms with Gasteiger partial charge in [-0.25, -0.2) is 0 Å². The van der Waals surface area contributed by atoms with Gasteiger partial charge in [0.25, 0.3) is 0 Å². The number of para-hydroxylation sites is 1. The Hall–Kier alpha value is -2.63. The molecule has 0 atom stereocenters. The number of fused-ring (bicyclic) bond motifs is 1. The fourth-order valence-electron chi connectivity index (χ4n) is 3.33. The number of rotatable bonds is 6. The minimum absolute atomic E-state index is 0.704. The fourth-order valence-corrected chi connectivity index (χ4v) is 3.33. The lowest BCUT2D eigenvalue weighted by molar-refractivity contribution is 0.0322. The molecule has 0 saturated carbocycles. The summed E-state index contributed by atoms with van der Waals surface area (Å²) >= 11 is 0. The van der Waals surface area contributed by atoms with Crippen molar-refractivity contribution < 1.29 is 9.47 Å². The summed E-state index contributed by atoms with van der Waals surface area (Å²) in [7, 11) is 0. The van der Waals surface area contributed by atoms with Crippen molar-refractivity contribution in [2.24, 2.45) is 0 Å². The van der Waals surface area contributed by atoms with E-state index in [1.807, 2.05) is 24.3 Å². The van der Waals surface area contributed by atoms with Gasteiger partial charge in [-0.1, -0.05) is 30.3 Å². The molecule has 0 unspecified atom stereocenters. The third-order valence-electron chi connectivity index (χ3n) is 4.90. The van der Waals surface area contributed by atoms with Crippen LogP contribution in [0.1, 0.15) is 16.8 Å². The Balaban J connectivity index is 1.37. The molecule has 140 valence electrons. The van der Waals surface area contributed by atoms with Crippen molar-refractivity contribution in [1.82, 2.24) is 15.1 Å². The van der Waals surface area contributed by atoms with E-state index >= 15 is 0 Å². The van der Waals surface area contributed by atoms with Crippen LogP contribution in [0.3, 0.4) is 0 Å². The van der Waals surface area contributed by atoms with Crippen molar-refractivity contribution in [3.63, 3.8) is 0 Å². The van der Waals surface area contributed by atoms with Gasteiger partial charge in [0.1, 0.15) is 12.4 Å². The van der Waals surface area contributed by atoms with Crippen LogP contribution < -0.4 is 4.74 Å². The molecule has 0 amide bonds. The molecule has 1 N–H and O–H groups in total. The molecule has 1 saturated heterocycles. The third kappa shape index (κ3) is 4.38. The van der Waals surface area contributed by atoms with Crippen LogP contribution in [0.4, 0.5) is 0 Å². The molecular formula is C22H25N3O2. The van der Waals surface area contributed by atoms with Crippen molar-refractivity contribution >= 4 is 23.1 Å². The number of nitrogens with one attached hydrogen (secondary N) is 1. The number of ether oxygens (including phenoxy) is 2. The van der Waals surface area contributed by atoms with Crippen LogP contribution in [0.15, 0.2) is 42.5 Å². The maximum atomic E-state index is 5.98. The smallest absolute Gasteiger partial charge is 0.122 e. The molecule has 0 bridgehead atoms. The van der Waals surface area contributed by atoms with Crippen LogP contribution in [0, 0.1) is 6.92 Å². The average molecular weight is 363 g/mol. The summed E-state index contributed by atoms with van der Waals surface area (Å²) in [4.78, 5) is 2.38. The molecule has 2 heterocycles. The zero-order valence-electron chi connectivity index (χ0n) is 15.6. The highest BCUT2D eigenvalue weighted by Crippen LogP contribution is 2.22. The van der Waals surface area contributed by atoms with Gasteiger partial charge in [-0.05, 0) is 42.3 Å². The van der Waals surface area contributed by atoms with E-state index in [9.17, 15) is 0 Å². The van der Waals surface area contributed by atoms with Crippen LogP contribution in [-0.2, 0) is 4.74 Å². The number of aromatic amines is 1. The second-order valence-electron chi connectivity index (χ2n) is 6.82. The first-order chi connectivity index (χ1) is 13.3. The number of benzene rings is 2. The highest BCUT2D eigenvalue weighted by atomic mass is 16.5. The SMILES string of the molecule is Cc1cc(/C=C/c2n[nH]c3ccccc23)ccc1OCCN1CCOCC1. The fraction of sp³-hybridized carbons (Fsp3) is 0.318. The highest BCUT2D eigenvalue weighted by Gasteiger charge is 2.10. The molecule has 3 aromatic rings. The normalized spacial score (nSPS) is 15.6. The van der Waals surface area contributed by atoms with Gasteiger partial charge in [0, 0.05) is 25.0 Å². The number of hydrogen-bond acceptors (Lipinski definition) is 4. The number of hydrogen-bond donors (Lipinski definition) is 1. The lowest BCUT2D eigenvalue weighted by Crippen LogP contribution is -2.38. The summed E-state index contributed by atoms with van der Waals surface area (Å²) in [5.41, 5.74) is 4.29. The van der Waals surface area contributed by atoms with Crippen molar-refractivity contribution in [2.45, 2.75) is 6.92 Å². The highest BCUT2D eigenvalue weighted by molar-refractivity contribution is 5.89. The van der Waals surface area contributed by atoms with E-state index in [0.29, 0.717) is 6.61 Å². The Morgan fingerprint density at radius 3 is 2.85 bits per heavy atom. The molecule has 5 nitrogen and oxygen atoms in total. The summed E-state index contributed by atoms with van der Waals surface area (Å²) < 4.78 is 11.4. The van der Waals surface area contributed by atoms with Crippen LogP contribution in [0.25, 0.3) is 23.1 Å². The molecule has 1 aromatic heterocycles. The first-order valence-corrected chi connectivity index (χ1v) is 9.44. The second-order valence-corrected chi connectivity index (χ2v) is 6.82. The van der Waals surface area contributed by atoms with Gasteiger partial charge in [0.2, 0.25) is 0 Å².